The lowest BCUT2D eigenvalue weighted by molar-refractivity contribution is 0.201. The predicted octanol–water partition coefficient (Wildman–Crippen LogP) is 2.45. The van der Waals surface area contributed by atoms with Crippen molar-refractivity contribution in [1.82, 2.24) is 14.9 Å². The number of nitrogens with zero attached hydrogens (tertiary/aromatic N) is 3. The summed E-state index contributed by atoms with van der Waals surface area (Å²) in [5, 5.41) is 3.07. The molecule has 4 nitrogen and oxygen atoms in total. The van der Waals surface area contributed by atoms with Crippen LogP contribution in [0.3, 0.4) is 0 Å². The first kappa shape index (κ1) is 13.9. The molecule has 17 heavy (non-hydrogen) atoms. The van der Waals surface area contributed by atoms with Crippen LogP contribution in [0.4, 0.5) is 5.82 Å². The summed E-state index contributed by atoms with van der Waals surface area (Å²) in [6.07, 6.45) is 1.15. The van der Waals surface area contributed by atoms with Crippen LogP contribution in [0.2, 0.25) is 0 Å². The molecule has 1 atom stereocenters. The zero-order chi connectivity index (χ0) is 12.8. The van der Waals surface area contributed by atoms with Gasteiger partial charge in [-0.15, -0.1) is 0 Å². The van der Waals surface area contributed by atoms with Crippen LogP contribution < -0.4 is 5.32 Å². The van der Waals surface area contributed by atoms with Crippen LogP contribution in [0.1, 0.15) is 38.7 Å². The van der Waals surface area contributed by atoms with E-state index in [4.69, 9.17) is 0 Å². The van der Waals surface area contributed by atoms with Crippen LogP contribution in [-0.4, -0.2) is 34.5 Å². The lowest BCUT2D eigenvalue weighted by atomic mass is 10.2. The van der Waals surface area contributed by atoms with E-state index >= 15 is 0 Å². The first-order valence-electron chi connectivity index (χ1n) is 6.37. The maximum absolute atomic E-state index is 4.49. The highest BCUT2D eigenvalue weighted by Gasteiger charge is 2.12. The fourth-order valence-corrected chi connectivity index (χ4v) is 1.85. The molecule has 0 radical (unpaired) electrons. The van der Waals surface area contributed by atoms with Gasteiger partial charge in [-0.05, 0) is 26.8 Å². The molecule has 1 aromatic rings. The van der Waals surface area contributed by atoms with E-state index in [9.17, 15) is 0 Å². The van der Waals surface area contributed by atoms with Gasteiger partial charge in [0.15, 0.2) is 0 Å². The third kappa shape index (κ3) is 3.97. The van der Waals surface area contributed by atoms with Gasteiger partial charge in [0.1, 0.15) is 11.6 Å². The summed E-state index contributed by atoms with van der Waals surface area (Å²) in [5.41, 5.74) is 1.01. The average molecular weight is 236 g/mol. The zero-order valence-corrected chi connectivity index (χ0v) is 11.6. The smallest absolute Gasteiger partial charge is 0.144 e. The second-order valence-corrected chi connectivity index (χ2v) is 4.38. The number of aromatic nitrogens is 2. The molecule has 0 saturated carbocycles. The minimum atomic E-state index is 0.571. The zero-order valence-electron chi connectivity index (χ0n) is 11.6. The Morgan fingerprint density at radius 3 is 2.59 bits per heavy atom. The first-order valence-corrected chi connectivity index (χ1v) is 6.37. The van der Waals surface area contributed by atoms with E-state index in [1.165, 1.54) is 0 Å². The van der Waals surface area contributed by atoms with Crippen LogP contribution in [0.25, 0.3) is 0 Å². The summed E-state index contributed by atoms with van der Waals surface area (Å²) in [5.74, 6) is 1.80. The maximum Gasteiger partial charge on any atom is 0.144 e. The lowest BCUT2D eigenvalue weighted by Gasteiger charge is -2.26. The summed E-state index contributed by atoms with van der Waals surface area (Å²) in [4.78, 5) is 11.4. The molecule has 4 heteroatoms. The normalized spacial score (nSPS) is 12.8. The SMILES string of the molecule is CCC(C)N(CC)Cc1nc(C)cc(NC)n1. The molecular weight excluding hydrogens is 212 g/mol. The van der Waals surface area contributed by atoms with Crippen molar-refractivity contribution in [2.24, 2.45) is 0 Å². The molecule has 1 unspecified atom stereocenters. The van der Waals surface area contributed by atoms with E-state index in [0.29, 0.717) is 6.04 Å². The highest BCUT2D eigenvalue weighted by Crippen LogP contribution is 2.10. The van der Waals surface area contributed by atoms with Gasteiger partial charge in [0.25, 0.3) is 0 Å². The number of rotatable bonds is 6. The van der Waals surface area contributed by atoms with Gasteiger partial charge < -0.3 is 5.32 Å². The number of anilines is 1. The Hall–Kier alpha value is -1.16. The molecule has 0 saturated heterocycles. The maximum atomic E-state index is 4.49. The molecule has 0 spiro atoms. The molecule has 1 N–H and O–H groups in total. The van der Waals surface area contributed by atoms with Gasteiger partial charge in [-0.1, -0.05) is 13.8 Å². The van der Waals surface area contributed by atoms with Crippen molar-refractivity contribution >= 4 is 5.82 Å². The standard InChI is InChI=1S/C13H24N4/c1-6-11(4)17(7-2)9-13-15-10(3)8-12(14-5)16-13/h8,11H,6-7,9H2,1-5H3,(H,14,15,16). The Labute approximate surface area is 104 Å². The molecule has 1 aromatic heterocycles. The highest BCUT2D eigenvalue weighted by atomic mass is 15.2. The van der Waals surface area contributed by atoms with Gasteiger partial charge in [0, 0.05) is 24.8 Å². The fraction of sp³-hybridized carbons (Fsp3) is 0.692. The molecule has 0 aliphatic rings. The van der Waals surface area contributed by atoms with E-state index < -0.39 is 0 Å². The molecular formula is C13H24N4. The summed E-state index contributed by atoms with van der Waals surface area (Å²) in [7, 11) is 1.89. The number of hydrogen-bond acceptors (Lipinski definition) is 4. The fourth-order valence-electron chi connectivity index (χ4n) is 1.85. The molecule has 96 valence electrons. The number of hydrogen-bond donors (Lipinski definition) is 1. The predicted molar refractivity (Wildman–Crippen MR) is 72.2 cm³/mol. The van der Waals surface area contributed by atoms with Crippen molar-refractivity contribution in [3.63, 3.8) is 0 Å². The molecule has 0 fully saturated rings. The van der Waals surface area contributed by atoms with Crippen LogP contribution in [0, 0.1) is 6.92 Å². The van der Waals surface area contributed by atoms with Gasteiger partial charge in [0.2, 0.25) is 0 Å². The molecule has 0 aliphatic carbocycles. The van der Waals surface area contributed by atoms with Gasteiger partial charge >= 0.3 is 0 Å². The van der Waals surface area contributed by atoms with E-state index in [-0.39, 0.29) is 0 Å². The summed E-state index contributed by atoms with van der Waals surface area (Å²) < 4.78 is 0. The Bertz CT molecular complexity index is 351. The van der Waals surface area contributed by atoms with E-state index in [2.05, 4.69) is 41.0 Å². The largest absolute Gasteiger partial charge is 0.373 e. The Morgan fingerprint density at radius 2 is 2.06 bits per heavy atom. The minimum Gasteiger partial charge on any atom is -0.373 e. The molecule has 0 amide bonds. The van der Waals surface area contributed by atoms with Crippen LogP contribution in [-0.2, 0) is 6.54 Å². The topological polar surface area (TPSA) is 41.1 Å². The second-order valence-electron chi connectivity index (χ2n) is 4.38. The van der Waals surface area contributed by atoms with Gasteiger partial charge in [-0.3, -0.25) is 4.90 Å². The highest BCUT2D eigenvalue weighted by molar-refractivity contribution is 5.34. The number of aryl methyl sites for hydroxylation is 1. The Balaban J connectivity index is 2.82. The molecule has 1 heterocycles. The van der Waals surface area contributed by atoms with Crippen molar-refractivity contribution in [3.8, 4) is 0 Å². The van der Waals surface area contributed by atoms with Crippen molar-refractivity contribution in [2.45, 2.75) is 46.7 Å². The average Bonchev–Trinajstić information content (AvgIpc) is 2.34. The van der Waals surface area contributed by atoms with Crippen molar-refractivity contribution < 1.29 is 0 Å². The number of nitrogens with one attached hydrogen (secondary N) is 1. The van der Waals surface area contributed by atoms with Gasteiger partial charge in [-0.25, -0.2) is 9.97 Å². The monoisotopic (exact) mass is 236 g/mol. The van der Waals surface area contributed by atoms with Crippen LogP contribution in [0.15, 0.2) is 6.07 Å². The molecule has 0 aliphatic heterocycles. The summed E-state index contributed by atoms with van der Waals surface area (Å²) in [6.45, 7) is 10.5. The first-order chi connectivity index (χ1) is 8.10. The molecule has 1 rings (SSSR count). The van der Waals surface area contributed by atoms with E-state index in [0.717, 1.165) is 36.8 Å². The minimum absolute atomic E-state index is 0.571. The molecule has 0 bridgehead atoms. The van der Waals surface area contributed by atoms with Crippen molar-refractivity contribution in [1.29, 1.82) is 0 Å². The molecule has 0 aromatic carbocycles. The quantitative estimate of drug-likeness (QED) is 0.823. The Morgan fingerprint density at radius 1 is 1.35 bits per heavy atom. The van der Waals surface area contributed by atoms with Crippen LogP contribution in [0.5, 0.6) is 0 Å². The van der Waals surface area contributed by atoms with Crippen molar-refractivity contribution in [3.05, 3.63) is 17.6 Å². The third-order valence-corrected chi connectivity index (χ3v) is 3.12. The Kier molecular flexibility index (Phi) is 5.35. The van der Waals surface area contributed by atoms with Gasteiger partial charge in [-0.2, -0.15) is 0 Å². The van der Waals surface area contributed by atoms with Crippen molar-refractivity contribution in [2.75, 3.05) is 18.9 Å². The summed E-state index contributed by atoms with van der Waals surface area (Å²) in [6, 6.07) is 2.53. The van der Waals surface area contributed by atoms with Gasteiger partial charge in [0.05, 0.1) is 6.54 Å². The van der Waals surface area contributed by atoms with E-state index in [1.54, 1.807) is 0 Å². The third-order valence-electron chi connectivity index (χ3n) is 3.12. The second kappa shape index (κ2) is 6.55. The lowest BCUT2D eigenvalue weighted by Crippen LogP contribution is -2.32. The summed E-state index contributed by atoms with van der Waals surface area (Å²) >= 11 is 0. The van der Waals surface area contributed by atoms with Crippen LogP contribution >= 0.6 is 0 Å². The van der Waals surface area contributed by atoms with E-state index in [1.807, 2.05) is 20.0 Å².